The smallest absolute Gasteiger partial charge is 0.326 e. The van der Waals surface area contributed by atoms with Gasteiger partial charge in [-0.25, -0.2) is 4.79 Å². The minimum atomic E-state index is -0.906. The third kappa shape index (κ3) is 3.13. The largest absolute Gasteiger partial charge is 0.480 e. The highest BCUT2D eigenvalue weighted by atomic mass is 16.4. The lowest BCUT2D eigenvalue weighted by molar-refractivity contribution is -0.153. The van der Waals surface area contributed by atoms with Crippen molar-refractivity contribution in [2.45, 2.75) is 38.6 Å². The van der Waals surface area contributed by atoms with Gasteiger partial charge in [0.2, 0.25) is 5.91 Å². The number of aromatic nitrogens is 2. The maximum atomic E-state index is 12.2. The van der Waals surface area contributed by atoms with Crippen molar-refractivity contribution in [3.63, 3.8) is 0 Å². The van der Waals surface area contributed by atoms with Crippen LogP contribution in [0, 0.1) is 5.92 Å². The lowest BCUT2D eigenvalue weighted by Crippen LogP contribution is -2.50. The van der Waals surface area contributed by atoms with Gasteiger partial charge in [-0.2, -0.15) is 5.10 Å². The quantitative estimate of drug-likeness (QED) is 0.852. The molecule has 0 bridgehead atoms. The number of hydrogen-bond donors (Lipinski definition) is 2. The molecule has 0 saturated carbocycles. The number of H-pyrrole nitrogens is 1. The highest BCUT2D eigenvalue weighted by Gasteiger charge is 2.35. The molecule has 2 atom stereocenters. The molecule has 0 aromatic carbocycles. The maximum Gasteiger partial charge on any atom is 0.326 e. The monoisotopic (exact) mass is 265 g/mol. The van der Waals surface area contributed by atoms with Crippen LogP contribution < -0.4 is 0 Å². The van der Waals surface area contributed by atoms with Crippen LogP contribution in [0.5, 0.6) is 0 Å². The van der Waals surface area contributed by atoms with Gasteiger partial charge < -0.3 is 10.0 Å². The van der Waals surface area contributed by atoms with Gasteiger partial charge in [0.05, 0.1) is 6.42 Å². The first kappa shape index (κ1) is 13.6. The zero-order chi connectivity index (χ0) is 13.8. The van der Waals surface area contributed by atoms with Crippen LogP contribution >= 0.6 is 0 Å². The number of piperidine rings is 1. The minimum Gasteiger partial charge on any atom is -0.480 e. The predicted octanol–water partition coefficient (Wildman–Crippen LogP) is 1.05. The molecule has 1 aromatic heterocycles. The van der Waals surface area contributed by atoms with Crippen molar-refractivity contribution in [1.82, 2.24) is 15.1 Å². The first-order valence-electron chi connectivity index (χ1n) is 6.62. The van der Waals surface area contributed by atoms with Gasteiger partial charge >= 0.3 is 5.97 Å². The molecular weight excluding hydrogens is 246 g/mol. The summed E-state index contributed by atoms with van der Waals surface area (Å²) in [4.78, 5) is 25.0. The van der Waals surface area contributed by atoms with Crippen LogP contribution in [-0.4, -0.2) is 44.7 Å². The average Bonchev–Trinajstić information content (AvgIpc) is 2.90. The third-order valence-corrected chi connectivity index (χ3v) is 3.79. The minimum absolute atomic E-state index is 0.147. The molecule has 6 nitrogen and oxygen atoms in total. The number of likely N-dealkylation sites (tertiary alicyclic amines) is 1. The van der Waals surface area contributed by atoms with Crippen LogP contribution in [0.2, 0.25) is 0 Å². The van der Waals surface area contributed by atoms with Gasteiger partial charge in [-0.15, -0.1) is 0 Å². The maximum absolute atomic E-state index is 12.2. The number of nitrogens with one attached hydrogen (secondary N) is 1. The van der Waals surface area contributed by atoms with Crippen LogP contribution in [0.1, 0.15) is 31.9 Å². The Morgan fingerprint density at radius 3 is 2.95 bits per heavy atom. The van der Waals surface area contributed by atoms with E-state index in [-0.39, 0.29) is 12.3 Å². The zero-order valence-electron chi connectivity index (χ0n) is 11.0. The average molecular weight is 265 g/mol. The summed E-state index contributed by atoms with van der Waals surface area (Å²) < 4.78 is 0. The van der Waals surface area contributed by atoms with Gasteiger partial charge in [0.15, 0.2) is 0 Å². The van der Waals surface area contributed by atoms with E-state index in [1.54, 1.807) is 12.3 Å². The molecule has 0 aliphatic carbocycles. The molecule has 2 unspecified atom stereocenters. The molecule has 1 amide bonds. The van der Waals surface area contributed by atoms with Crippen LogP contribution in [-0.2, 0) is 16.0 Å². The highest BCUT2D eigenvalue weighted by Crippen LogP contribution is 2.26. The molecule has 1 aromatic rings. The summed E-state index contributed by atoms with van der Waals surface area (Å²) in [5.74, 6) is -0.653. The third-order valence-electron chi connectivity index (χ3n) is 3.79. The molecule has 0 radical (unpaired) electrons. The molecule has 6 heteroatoms. The number of carboxylic acids is 1. The Morgan fingerprint density at radius 2 is 2.37 bits per heavy atom. The van der Waals surface area contributed by atoms with E-state index < -0.39 is 12.0 Å². The van der Waals surface area contributed by atoms with Gasteiger partial charge in [0.25, 0.3) is 0 Å². The highest BCUT2D eigenvalue weighted by molar-refractivity contribution is 5.85. The summed E-state index contributed by atoms with van der Waals surface area (Å²) in [7, 11) is 0. The van der Waals surface area contributed by atoms with Crippen molar-refractivity contribution in [2.24, 2.45) is 5.92 Å². The fourth-order valence-electron chi connectivity index (χ4n) is 2.59. The molecule has 1 fully saturated rings. The second kappa shape index (κ2) is 5.86. The van der Waals surface area contributed by atoms with Crippen molar-refractivity contribution >= 4 is 11.9 Å². The lowest BCUT2D eigenvalue weighted by Gasteiger charge is -2.37. The number of carbonyl (C=O) groups excluding carboxylic acids is 1. The summed E-state index contributed by atoms with van der Waals surface area (Å²) in [6, 6.07) is 1.04. The van der Waals surface area contributed by atoms with Crippen LogP contribution in [0.4, 0.5) is 0 Å². The number of rotatable bonds is 4. The Hall–Kier alpha value is -1.85. The van der Waals surface area contributed by atoms with Crippen molar-refractivity contribution in [2.75, 3.05) is 6.54 Å². The molecule has 2 heterocycles. The molecule has 19 heavy (non-hydrogen) atoms. The van der Waals surface area contributed by atoms with Crippen molar-refractivity contribution in [3.8, 4) is 0 Å². The topological polar surface area (TPSA) is 86.3 Å². The SMILES string of the molecule is CCC1CCN(C(=O)Cc2ccn[nH]2)C(C(=O)O)C1. The van der Waals surface area contributed by atoms with Crippen molar-refractivity contribution in [3.05, 3.63) is 18.0 Å². The van der Waals surface area contributed by atoms with E-state index in [1.165, 1.54) is 4.90 Å². The van der Waals surface area contributed by atoms with Crippen LogP contribution in [0.25, 0.3) is 0 Å². The normalized spacial score (nSPS) is 23.3. The Morgan fingerprint density at radius 1 is 1.58 bits per heavy atom. The lowest BCUT2D eigenvalue weighted by atomic mass is 9.88. The Labute approximate surface area is 111 Å². The van der Waals surface area contributed by atoms with E-state index in [0.29, 0.717) is 24.6 Å². The molecule has 2 N–H and O–H groups in total. The Bertz CT molecular complexity index is 444. The summed E-state index contributed by atoms with van der Waals surface area (Å²) in [6.45, 7) is 2.59. The summed E-state index contributed by atoms with van der Waals surface area (Å²) in [5, 5.41) is 15.8. The Balaban J connectivity index is 2.04. The summed E-state index contributed by atoms with van der Waals surface area (Å²) >= 11 is 0. The first-order valence-corrected chi connectivity index (χ1v) is 6.62. The first-order chi connectivity index (χ1) is 9.11. The molecular formula is C13H19N3O3. The standard InChI is InChI=1S/C13H19N3O3/c1-2-9-4-6-16(11(7-9)13(18)19)12(17)8-10-3-5-14-15-10/h3,5,9,11H,2,4,6-8H2,1H3,(H,14,15)(H,18,19). The van der Waals surface area contributed by atoms with Gasteiger partial charge in [0.1, 0.15) is 6.04 Å². The molecule has 2 rings (SSSR count). The molecule has 1 aliphatic heterocycles. The second-order valence-corrected chi connectivity index (χ2v) is 5.00. The fraction of sp³-hybridized carbons (Fsp3) is 0.615. The number of aromatic amines is 1. The van der Waals surface area contributed by atoms with Gasteiger partial charge in [-0.3, -0.25) is 9.89 Å². The van der Waals surface area contributed by atoms with E-state index in [4.69, 9.17) is 0 Å². The number of hydrogen-bond acceptors (Lipinski definition) is 3. The number of nitrogens with zero attached hydrogens (tertiary/aromatic N) is 2. The van der Waals surface area contributed by atoms with Crippen LogP contribution in [0.3, 0.4) is 0 Å². The summed E-state index contributed by atoms with van der Waals surface area (Å²) in [5.41, 5.74) is 0.715. The Kier molecular flexibility index (Phi) is 4.19. The zero-order valence-corrected chi connectivity index (χ0v) is 11.0. The molecule has 1 aliphatic rings. The molecule has 0 spiro atoms. The number of carboxylic acid groups (broad SMARTS) is 1. The van der Waals surface area contributed by atoms with E-state index in [2.05, 4.69) is 17.1 Å². The molecule has 104 valence electrons. The number of aliphatic carboxylic acids is 1. The van der Waals surface area contributed by atoms with Crippen molar-refractivity contribution in [1.29, 1.82) is 0 Å². The number of amides is 1. The van der Waals surface area contributed by atoms with Crippen molar-refractivity contribution < 1.29 is 14.7 Å². The number of carbonyl (C=O) groups is 2. The van der Waals surface area contributed by atoms with Crippen LogP contribution in [0.15, 0.2) is 12.3 Å². The van der Waals surface area contributed by atoms with E-state index in [0.717, 1.165) is 12.8 Å². The predicted molar refractivity (Wildman–Crippen MR) is 68.4 cm³/mol. The van der Waals surface area contributed by atoms with E-state index in [9.17, 15) is 14.7 Å². The fourth-order valence-corrected chi connectivity index (χ4v) is 2.59. The summed E-state index contributed by atoms with van der Waals surface area (Å²) in [6.07, 6.45) is 4.17. The van der Waals surface area contributed by atoms with Gasteiger partial charge in [-0.1, -0.05) is 13.3 Å². The second-order valence-electron chi connectivity index (χ2n) is 5.00. The van der Waals surface area contributed by atoms with E-state index >= 15 is 0 Å². The van der Waals surface area contributed by atoms with Gasteiger partial charge in [0, 0.05) is 18.4 Å². The van der Waals surface area contributed by atoms with E-state index in [1.807, 2.05) is 0 Å². The van der Waals surface area contributed by atoms with Gasteiger partial charge in [-0.05, 0) is 24.8 Å². The molecule has 1 saturated heterocycles.